The molecule has 0 heterocycles. The largest absolute Gasteiger partial charge is 0.492 e. The first-order chi connectivity index (χ1) is 9.54. The highest BCUT2D eigenvalue weighted by atomic mass is 16.5. The van der Waals surface area contributed by atoms with Crippen LogP contribution < -0.4 is 10.1 Å². The van der Waals surface area contributed by atoms with Crippen LogP contribution in [0.5, 0.6) is 5.75 Å². The molecular weight excluding hydrogens is 258 g/mol. The van der Waals surface area contributed by atoms with Crippen molar-refractivity contribution in [3.63, 3.8) is 0 Å². The minimum Gasteiger partial charge on any atom is -0.492 e. The molecule has 110 valence electrons. The summed E-state index contributed by atoms with van der Waals surface area (Å²) in [6.45, 7) is 6.46. The Bertz CT molecular complexity index is 457. The lowest BCUT2D eigenvalue weighted by atomic mass is 10.2. The summed E-state index contributed by atoms with van der Waals surface area (Å²) in [6, 6.07) is 6.96. The predicted molar refractivity (Wildman–Crippen MR) is 75.7 cm³/mol. The van der Waals surface area contributed by atoms with Gasteiger partial charge in [-0.05, 0) is 25.0 Å². The van der Waals surface area contributed by atoms with Gasteiger partial charge in [-0.15, -0.1) is 0 Å². The Morgan fingerprint density at radius 1 is 1.25 bits per heavy atom. The number of nitrogens with one attached hydrogen (secondary N) is 1. The number of ether oxygens (including phenoxy) is 2. The molecule has 5 heteroatoms. The zero-order valence-electron chi connectivity index (χ0n) is 12.1. The van der Waals surface area contributed by atoms with Crippen LogP contribution in [0.2, 0.25) is 0 Å². The molecule has 1 aromatic rings. The van der Waals surface area contributed by atoms with Gasteiger partial charge in [0.2, 0.25) is 0 Å². The second kappa shape index (κ2) is 8.19. The van der Waals surface area contributed by atoms with Crippen molar-refractivity contribution < 1.29 is 19.1 Å². The molecule has 0 bridgehead atoms. The lowest BCUT2D eigenvalue weighted by Crippen LogP contribution is -2.31. The SMILES string of the molecule is CCOC(=O)CNC(=O)c1ccccc1OCC(C)C. The van der Waals surface area contributed by atoms with Crippen LogP contribution >= 0.6 is 0 Å². The third-order valence-electron chi connectivity index (χ3n) is 2.40. The molecule has 0 saturated carbocycles. The molecule has 0 fully saturated rings. The number of para-hydroxylation sites is 1. The number of amides is 1. The lowest BCUT2D eigenvalue weighted by molar-refractivity contribution is -0.141. The molecular formula is C15H21NO4. The number of esters is 1. The maximum Gasteiger partial charge on any atom is 0.325 e. The molecule has 1 rings (SSSR count). The zero-order chi connectivity index (χ0) is 15.0. The zero-order valence-corrected chi connectivity index (χ0v) is 12.1. The second-order valence-corrected chi connectivity index (χ2v) is 4.69. The Balaban J connectivity index is 2.65. The number of rotatable bonds is 7. The van der Waals surface area contributed by atoms with Crippen LogP contribution in [-0.2, 0) is 9.53 Å². The molecule has 0 aromatic heterocycles. The third kappa shape index (κ3) is 5.30. The van der Waals surface area contributed by atoms with Gasteiger partial charge < -0.3 is 14.8 Å². The monoisotopic (exact) mass is 279 g/mol. The summed E-state index contributed by atoms with van der Waals surface area (Å²) < 4.78 is 10.3. The summed E-state index contributed by atoms with van der Waals surface area (Å²) in [4.78, 5) is 23.2. The van der Waals surface area contributed by atoms with Crippen LogP contribution in [0.15, 0.2) is 24.3 Å². The Morgan fingerprint density at radius 3 is 2.60 bits per heavy atom. The van der Waals surface area contributed by atoms with E-state index in [2.05, 4.69) is 5.32 Å². The van der Waals surface area contributed by atoms with Crippen molar-refractivity contribution in [2.45, 2.75) is 20.8 Å². The lowest BCUT2D eigenvalue weighted by Gasteiger charge is -2.12. The smallest absolute Gasteiger partial charge is 0.325 e. The minimum absolute atomic E-state index is 0.148. The quantitative estimate of drug-likeness (QED) is 0.775. The highest BCUT2D eigenvalue weighted by molar-refractivity contribution is 5.98. The second-order valence-electron chi connectivity index (χ2n) is 4.69. The normalized spacial score (nSPS) is 10.2. The fourth-order valence-corrected chi connectivity index (χ4v) is 1.50. The molecule has 0 aliphatic rings. The topological polar surface area (TPSA) is 64.6 Å². The summed E-state index contributed by atoms with van der Waals surface area (Å²) in [6.07, 6.45) is 0. The Labute approximate surface area is 119 Å². The van der Waals surface area contributed by atoms with Crippen LogP contribution in [-0.4, -0.2) is 31.6 Å². The molecule has 1 aromatic carbocycles. The fraction of sp³-hybridized carbons (Fsp3) is 0.467. The van der Waals surface area contributed by atoms with E-state index in [1.165, 1.54) is 0 Å². The predicted octanol–water partition coefficient (Wildman–Crippen LogP) is 2.01. The van der Waals surface area contributed by atoms with Crippen LogP contribution in [0.25, 0.3) is 0 Å². The molecule has 0 radical (unpaired) electrons. The molecule has 0 aliphatic carbocycles. The molecule has 5 nitrogen and oxygen atoms in total. The van der Waals surface area contributed by atoms with Crippen LogP contribution in [0.4, 0.5) is 0 Å². The van der Waals surface area contributed by atoms with Crippen molar-refractivity contribution in [3.05, 3.63) is 29.8 Å². The highest BCUT2D eigenvalue weighted by Gasteiger charge is 2.13. The van der Waals surface area contributed by atoms with E-state index < -0.39 is 5.97 Å². The van der Waals surface area contributed by atoms with E-state index in [4.69, 9.17) is 9.47 Å². The van der Waals surface area contributed by atoms with Gasteiger partial charge in [-0.25, -0.2) is 0 Å². The Hall–Kier alpha value is -2.04. The first-order valence-corrected chi connectivity index (χ1v) is 6.70. The average molecular weight is 279 g/mol. The van der Waals surface area contributed by atoms with E-state index in [0.717, 1.165) is 0 Å². The summed E-state index contributed by atoms with van der Waals surface area (Å²) in [7, 11) is 0. The molecule has 20 heavy (non-hydrogen) atoms. The maximum absolute atomic E-state index is 12.0. The van der Waals surface area contributed by atoms with Gasteiger partial charge >= 0.3 is 5.97 Å². The van der Waals surface area contributed by atoms with E-state index in [0.29, 0.717) is 30.4 Å². The van der Waals surface area contributed by atoms with Gasteiger partial charge in [0.15, 0.2) is 0 Å². The van der Waals surface area contributed by atoms with Crippen molar-refractivity contribution in [3.8, 4) is 5.75 Å². The Kier molecular flexibility index (Phi) is 6.56. The van der Waals surface area contributed by atoms with Gasteiger partial charge in [-0.3, -0.25) is 9.59 Å². The molecule has 1 N–H and O–H groups in total. The highest BCUT2D eigenvalue weighted by Crippen LogP contribution is 2.18. The van der Waals surface area contributed by atoms with Crippen molar-refractivity contribution in [1.29, 1.82) is 0 Å². The Morgan fingerprint density at radius 2 is 1.95 bits per heavy atom. The van der Waals surface area contributed by atoms with E-state index in [-0.39, 0.29) is 12.5 Å². The van der Waals surface area contributed by atoms with Gasteiger partial charge in [0.05, 0.1) is 18.8 Å². The summed E-state index contributed by atoms with van der Waals surface area (Å²) in [5, 5.41) is 2.52. The van der Waals surface area contributed by atoms with Gasteiger partial charge in [0.25, 0.3) is 5.91 Å². The number of carbonyl (C=O) groups is 2. The fourth-order valence-electron chi connectivity index (χ4n) is 1.50. The summed E-state index contributed by atoms with van der Waals surface area (Å²) >= 11 is 0. The number of hydrogen-bond donors (Lipinski definition) is 1. The van der Waals surface area contributed by atoms with Crippen LogP contribution in [0.3, 0.4) is 0 Å². The van der Waals surface area contributed by atoms with Crippen molar-refractivity contribution in [1.82, 2.24) is 5.32 Å². The third-order valence-corrected chi connectivity index (χ3v) is 2.40. The standard InChI is InChI=1S/C15H21NO4/c1-4-19-14(17)9-16-15(18)12-7-5-6-8-13(12)20-10-11(2)3/h5-8,11H,4,9-10H2,1-3H3,(H,16,18). The maximum atomic E-state index is 12.0. The van der Waals surface area contributed by atoms with Gasteiger partial charge in [0.1, 0.15) is 12.3 Å². The molecule has 0 spiro atoms. The minimum atomic E-state index is -0.457. The summed E-state index contributed by atoms with van der Waals surface area (Å²) in [5.41, 5.74) is 0.414. The van der Waals surface area contributed by atoms with Gasteiger partial charge in [-0.1, -0.05) is 26.0 Å². The molecule has 0 atom stereocenters. The van der Waals surface area contributed by atoms with Crippen molar-refractivity contribution in [2.24, 2.45) is 5.92 Å². The number of benzene rings is 1. The average Bonchev–Trinajstić information content (AvgIpc) is 2.43. The first kappa shape index (κ1) is 16.0. The van der Waals surface area contributed by atoms with E-state index in [9.17, 15) is 9.59 Å². The van der Waals surface area contributed by atoms with Crippen LogP contribution in [0, 0.1) is 5.92 Å². The van der Waals surface area contributed by atoms with Gasteiger partial charge in [-0.2, -0.15) is 0 Å². The van der Waals surface area contributed by atoms with E-state index in [1.807, 2.05) is 13.8 Å². The number of hydrogen-bond acceptors (Lipinski definition) is 4. The van der Waals surface area contributed by atoms with E-state index >= 15 is 0 Å². The summed E-state index contributed by atoms with van der Waals surface area (Å²) in [5.74, 6) is 0.0760. The molecule has 0 unspecified atom stereocenters. The van der Waals surface area contributed by atoms with Crippen molar-refractivity contribution in [2.75, 3.05) is 19.8 Å². The molecule has 1 amide bonds. The molecule has 0 aliphatic heterocycles. The van der Waals surface area contributed by atoms with Gasteiger partial charge in [0, 0.05) is 0 Å². The van der Waals surface area contributed by atoms with Crippen molar-refractivity contribution >= 4 is 11.9 Å². The van der Waals surface area contributed by atoms with E-state index in [1.54, 1.807) is 31.2 Å². The molecule has 0 saturated heterocycles. The first-order valence-electron chi connectivity index (χ1n) is 6.70. The number of carbonyl (C=O) groups excluding carboxylic acids is 2. The van der Waals surface area contributed by atoms with Crippen LogP contribution in [0.1, 0.15) is 31.1 Å².